The van der Waals surface area contributed by atoms with Crippen LogP contribution in [0.3, 0.4) is 0 Å². The van der Waals surface area contributed by atoms with Crippen molar-refractivity contribution in [3.8, 4) is 0 Å². The summed E-state index contributed by atoms with van der Waals surface area (Å²) in [5.74, 6) is -0.910. The van der Waals surface area contributed by atoms with E-state index < -0.39 is 0 Å². The molecule has 2 aromatic carbocycles. The van der Waals surface area contributed by atoms with Gasteiger partial charge in [0.2, 0.25) is 5.91 Å². The molecule has 2 atom stereocenters. The molecule has 0 aromatic heterocycles. The fourth-order valence-electron chi connectivity index (χ4n) is 4.12. The predicted octanol–water partition coefficient (Wildman–Crippen LogP) is 4.07. The summed E-state index contributed by atoms with van der Waals surface area (Å²) < 4.78 is 31.7. The van der Waals surface area contributed by atoms with E-state index in [-0.39, 0.29) is 41.5 Å². The zero-order chi connectivity index (χ0) is 22.9. The molecule has 7 heteroatoms. The van der Waals surface area contributed by atoms with Crippen LogP contribution in [0, 0.1) is 11.6 Å². The highest BCUT2D eigenvalue weighted by Gasteiger charge is 2.31. The summed E-state index contributed by atoms with van der Waals surface area (Å²) >= 11 is 0. The van der Waals surface area contributed by atoms with E-state index in [9.17, 15) is 18.4 Å². The minimum absolute atomic E-state index is 0.00336. The number of ether oxygens (including phenoxy) is 1. The maximum atomic E-state index is 13.4. The molecule has 1 heterocycles. The minimum atomic E-state index is -0.368. The third-order valence-electron chi connectivity index (χ3n) is 5.76. The molecule has 1 aliphatic heterocycles. The molecule has 1 saturated heterocycles. The smallest absolute Gasteiger partial charge is 0.323 e. The molecule has 5 nitrogen and oxygen atoms in total. The quantitative estimate of drug-likeness (QED) is 0.428. The number of esters is 1. The largest absolute Gasteiger partial charge is 0.465 e. The van der Waals surface area contributed by atoms with Crippen molar-refractivity contribution in [1.82, 2.24) is 10.6 Å². The van der Waals surface area contributed by atoms with Crippen molar-refractivity contribution in [2.45, 2.75) is 57.0 Å². The Morgan fingerprint density at radius 3 is 2.19 bits per heavy atom. The van der Waals surface area contributed by atoms with Crippen LogP contribution in [-0.4, -0.2) is 37.1 Å². The van der Waals surface area contributed by atoms with E-state index in [0.717, 1.165) is 24.0 Å². The molecular formula is C25H30F2N2O3. The first-order chi connectivity index (χ1) is 15.5. The number of carbonyl (C=O) groups is 2. The zero-order valence-electron chi connectivity index (χ0n) is 18.3. The number of halogens is 2. The summed E-state index contributed by atoms with van der Waals surface area (Å²) in [5, 5.41) is 6.06. The summed E-state index contributed by atoms with van der Waals surface area (Å²) in [7, 11) is 0. The Morgan fingerprint density at radius 2 is 1.62 bits per heavy atom. The van der Waals surface area contributed by atoms with Gasteiger partial charge in [0, 0.05) is 24.9 Å². The standard InChI is InChI=1S/C25H30F2N2O3/c1-2-32-25(31)23-15-21(16-28-23)29-24(30)6-4-3-5-22(17-7-11-19(26)12-8-17)18-9-13-20(27)14-10-18/h7-14,21-23,28H,2-6,15-16H2,1H3,(H,29,30)/t21-,23-/m0/s1. The van der Waals surface area contributed by atoms with Gasteiger partial charge in [-0.15, -0.1) is 0 Å². The topological polar surface area (TPSA) is 67.4 Å². The monoisotopic (exact) mass is 444 g/mol. The lowest BCUT2D eigenvalue weighted by Gasteiger charge is -2.18. The number of benzene rings is 2. The molecule has 32 heavy (non-hydrogen) atoms. The molecule has 1 aliphatic rings. The molecule has 0 bridgehead atoms. The number of nitrogens with one attached hydrogen (secondary N) is 2. The van der Waals surface area contributed by atoms with Gasteiger partial charge in [-0.3, -0.25) is 9.59 Å². The number of hydrogen-bond acceptors (Lipinski definition) is 4. The fraction of sp³-hybridized carbons (Fsp3) is 0.440. The Labute approximate surface area is 187 Å². The zero-order valence-corrected chi connectivity index (χ0v) is 18.3. The number of rotatable bonds is 10. The highest BCUT2D eigenvalue weighted by atomic mass is 19.1. The Balaban J connectivity index is 1.47. The summed E-state index contributed by atoms with van der Waals surface area (Å²) in [5.41, 5.74) is 1.92. The van der Waals surface area contributed by atoms with Crippen molar-refractivity contribution in [3.63, 3.8) is 0 Å². The van der Waals surface area contributed by atoms with E-state index in [1.165, 1.54) is 24.3 Å². The van der Waals surface area contributed by atoms with Gasteiger partial charge in [-0.1, -0.05) is 30.7 Å². The lowest BCUT2D eigenvalue weighted by molar-refractivity contribution is -0.145. The van der Waals surface area contributed by atoms with E-state index in [4.69, 9.17) is 4.74 Å². The predicted molar refractivity (Wildman–Crippen MR) is 118 cm³/mol. The Kier molecular flexibility index (Phi) is 8.73. The Bertz CT molecular complexity index is 842. The van der Waals surface area contributed by atoms with Crippen LogP contribution in [0.5, 0.6) is 0 Å². The van der Waals surface area contributed by atoms with Gasteiger partial charge in [0.1, 0.15) is 17.7 Å². The van der Waals surface area contributed by atoms with Crippen LogP contribution in [0.4, 0.5) is 8.78 Å². The fourth-order valence-corrected chi connectivity index (χ4v) is 4.12. The van der Waals surface area contributed by atoms with Crippen LogP contribution in [-0.2, 0) is 14.3 Å². The van der Waals surface area contributed by atoms with Crippen molar-refractivity contribution in [3.05, 3.63) is 71.3 Å². The van der Waals surface area contributed by atoms with Gasteiger partial charge in [-0.05, 0) is 61.6 Å². The molecule has 2 N–H and O–H groups in total. The van der Waals surface area contributed by atoms with Crippen molar-refractivity contribution >= 4 is 11.9 Å². The maximum Gasteiger partial charge on any atom is 0.323 e. The number of carbonyl (C=O) groups excluding carboxylic acids is 2. The van der Waals surface area contributed by atoms with Crippen molar-refractivity contribution < 1.29 is 23.1 Å². The van der Waals surface area contributed by atoms with Crippen LogP contribution in [0.1, 0.15) is 56.1 Å². The van der Waals surface area contributed by atoms with Crippen molar-refractivity contribution in [1.29, 1.82) is 0 Å². The number of amides is 1. The minimum Gasteiger partial charge on any atom is -0.465 e. The second kappa shape index (κ2) is 11.7. The molecule has 0 saturated carbocycles. The van der Waals surface area contributed by atoms with Gasteiger partial charge in [0.25, 0.3) is 0 Å². The first-order valence-electron chi connectivity index (χ1n) is 11.2. The van der Waals surface area contributed by atoms with E-state index in [1.54, 1.807) is 31.2 Å². The van der Waals surface area contributed by atoms with E-state index in [2.05, 4.69) is 10.6 Å². The lowest BCUT2D eigenvalue weighted by Crippen LogP contribution is -2.36. The Morgan fingerprint density at radius 1 is 1.03 bits per heavy atom. The molecule has 2 aromatic rings. The summed E-state index contributed by atoms with van der Waals surface area (Å²) in [4.78, 5) is 24.1. The van der Waals surface area contributed by atoms with Gasteiger partial charge < -0.3 is 15.4 Å². The van der Waals surface area contributed by atoms with E-state index in [1.807, 2.05) is 0 Å². The highest BCUT2D eigenvalue weighted by molar-refractivity contribution is 5.78. The average molecular weight is 445 g/mol. The van der Waals surface area contributed by atoms with Crippen LogP contribution in [0.2, 0.25) is 0 Å². The Hall–Kier alpha value is -2.80. The van der Waals surface area contributed by atoms with Gasteiger partial charge in [-0.2, -0.15) is 0 Å². The average Bonchev–Trinajstić information content (AvgIpc) is 3.24. The normalized spacial score (nSPS) is 18.0. The molecule has 172 valence electrons. The van der Waals surface area contributed by atoms with Gasteiger partial charge >= 0.3 is 5.97 Å². The summed E-state index contributed by atoms with van der Waals surface area (Å²) in [6, 6.07) is 12.3. The summed E-state index contributed by atoms with van der Waals surface area (Å²) in [6.45, 7) is 2.65. The second-order valence-corrected chi connectivity index (χ2v) is 8.11. The van der Waals surface area contributed by atoms with Crippen LogP contribution >= 0.6 is 0 Å². The lowest BCUT2D eigenvalue weighted by atomic mass is 9.87. The molecular weight excluding hydrogens is 414 g/mol. The molecule has 3 rings (SSSR count). The van der Waals surface area contributed by atoms with Crippen molar-refractivity contribution in [2.75, 3.05) is 13.2 Å². The molecule has 1 fully saturated rings. The SMILES string of the molecule is CCOC(=O)[C@@H]1C[C@H](NC(=O)CCCCC(c2ccc(F)cc2)c2ccc(F)cc2)CN1. The molecule has 1 amide bonds. The van der Waals surface area contributed by atoms with Crippen molar-refractivity contribution in [2.24, 2.45) is 0 Å². The van der Waals surface area contributed by atoms with E-state index >= 15 is 0 Å². The number of unbranched alkanes of at least 4 members (excludes halogenated alkanes) is 1. The molecule has 0 aliphatic carbocycles. The number of hydrogen-bond donors (Lipinski definition) is 2. The molecule has 0 unspecified atom stereocenters. The first kappa shape index (κ1) is 23.9. The van der Waals surface area contributed by atoms with E-state index in [0.29, 0.717) is 32.4 Å². The van der Waals surface area contributed by atoms with Crippen LogP contribution in [0.25, 0.3) is 0 Å². The van der Waals surface area contributed by atoms with Gasteiger partial charge in [0.05, 0.1) is 6.61 Å². The molecule has 0 spiro atoms. The van der Waals surface area contributed by atoms with Crippen LogP contribution in [0.15, 0.2) is 48.5 Å². The highest BCUT2D eigenvalue weighted by Crippen LogP contribution is 2.30. The summed E-state index contributed by atoms with van der Waals surface area (Å²) in [6.07, 6.45) is 3.18. The second-order valence-electron chi connectivity index (χ2n) is 8.11. The van der Waals surface area contributed by atoms with Gasteiger partial charge in [0.15, 0.2) is 0 Å². The van der Waals surface area contributed by atoms with Gasteiger partial charge in [-0.25, -0.2) is 8.78 Å². The van der Waals surface area contributed by atoms with Crippen LogP contribution < -0.4 is 10.6 Å². The maximum absolute atomic E-state index is 13.4. The molecule has 0 radical (unpaired) electrons. The third-order valence-corrected chi connectivity index (χ3v) is 5.76. The third kappa shape index (κ3) is 6.85. The first-order valence-corrected chi connectivity index (χ1v) is 11.2.